The summed E-state index contributed by atoms with van der Waals surface area (Å²) in [4.78, 5) is 22.4. The van der Waals surface area contributed by atoms with Crippen molar-refractivity contribution in [3.63, 3.8) is 0 Å². The molecule has 3 aliphatic carbocycles. The molecule has 0 bridgehead atoms. The number of carbonyl (C=O) groups is 2. The van der Waals surface area contributed by atoms with Crippen molar-refractivity contribution < 1.29 is 14.7 Å². The van der Waals surface area contributed by atoms with Crippen molar-refractivity contribution >= 4 is 11.9 Å². The van der Waals surface area contributed by atoms with Gasteiger partial charge < -0.3 is 10.4 Å². The van der Waals surface area contributed by atoms with E-state index >= 15 is 0 Å². The van der Waals surface area contributed by atoms with Gasteiger partial charge in [0, 0.05) is 6.54 Å². The van der Waals surface area contributed by atoms with E-state index in [9.17, 15) is 9.59 Å². The van der Waals surface area contributed by atoms with E-state index in [0.29, 0.717) is 12.3 Å². The topological polar surface area (TPSA) is 66.4 Å². The van der Waals surface area contributed by atoms with Gasteiger partial charge in [-0.15, -0.1) is 0 Å². The summed E-state index contributed by atoms with van der Waals surface area (Å²) in [5, 5.41) is 11.7. The Bertz CT molecular complexity index is 335. The van der Waals surface area contributed by atoms with Crippen LogP contribution in [0.3, 0.4) is 0 Å². The van der Waals surface area contributed by atoms with Crippen LogP contribution in [0.15, 0.2) is 0 Å². The van der Waals surface area contributed by atoms with Gasteiger partial charge in [0.1, 0.15) is 0 Å². The molecule has 2 N–H and O–H groups in total. The number of aliphatic carboxylic acids is 1. The van der Waals surface area contributed by atoms with E-state index in [2.05, 4.69) is 5.32 Å². The van der Waals surface area contributed by atoms with Crippen molar-refractivity contribution in [2.75, 3.05) is 6.54 Å². The lowest BCUT2D eigenvalue weighted by atomic mass is 9.98. The van der Waals surface area contributed by atoms with Gasteiger partial charge in [0.05, 0.1) is 11.8 Å². The maximum Gasteiger partial charge on any atom is 0.307 e. The molecule has 94 valence electrons. The number of nitrogens with one attached hydrogen (secondary N) is 1. The molecule has 0 heterocycles. The van der Waals surface area contributed by atoms with Gasteiger partial charge >= 0.3 is 5.97 Å². The molecule has 1 amide bonds. The summed E-state index contributed by atoms with van der Waals surface area (Å²) in [5.74, 6) is 0.784. The molecular formula is C13H19NO3. The van der Waals surface area contributed by atoms with Gasteiger partial charge in [-0.3, -0.25) is 9.59 Å². The summed E-state index contributed by atoms with van der Waals surface area (Å²) >= 11 is 0. The van der Waals surface area contributed by atoms with Crippen LogP contribution in [0.5, 0.6) is 0 Å². The predicted molar refractivity (Wildman–Crippen MR) is 61.2 cm³/mol. The summed E-state index contributed by atoms with van der Waals surface area (Å²) in [5.41, 5.74) is 0. The number of carboxylic acids is 1. The van der Waals surface area contributed by atoms with Crippen molar-refractivity contribution in [1.82, 2.24) is 5.32 Å². The Morgan fingerprint density at radius 1 is 1.12 bits per heavy atom. The van der Waals surface area contributed by atoms with E-state index in [1.165, 1.54) is 25.7 Å². The third-order valence-corrected chi connectivity index (χ3v) is 4.41. The first-order chi connectivity index (χ1) is 8.16. The van der Waals surface area contributed by atoms with Crippen LogP contribution in [0.4, 0.5) is 0 Å². The second-order valence-electron chi connectivity index (χ2n) is 5.87. The lowest BCUT2D eigenvalue weighted by Gasteiger charge is -2.16. The highest BCUT2D eigenvalue weighted by Gasteiger charge is 2.49. The first kappa shape index (κ1) is 11.1. The van der Waals surface area contributed by atoms with Gasteiger partial charge in [-0.25, -0.2) is 0 Å². The molecule has 0 aliphatic heterocycles. The molecule has 0 saturated heterocycles. The Morgan fingerprint density at radius 2 is 1.71 bits per heavy atom. The first-order valence-corrected chi connectivity index (χ1v) is 6.67. The van der Waals surface area contributed by atoms with E-state index in [0.717, 1.165) is 18.4 Å². The van der Waals surface area contributed by atoms with Crippen LogP contribution in [-0.4, -0.2) is 23.5 Å². The van der Waals surface area contributed by atoms with Crippen molar-refractivity contribution in [2.24, 2.45) is 29.6 Å². The van der Waals surface area contributed by atoms with Crippen LogP contribution in [0.1, 0.15) is 32.1 Å². The molecule has 3 saturated carbocycles. The lowest BCUT2D eigenvalue weighted by Crippen LogP contribution is -2.33. The summed E-state index contributed by atoms with van der Waals surface area (Å²) in [6.45, 7) is 0.775. The minimum absolute atomic E-state index is 0.0382. The molecule has 0 aromatic rings. The number of rotatable bonds is 6. The van der Waals surface area contributed by atoms with Gasteiger partial charge in [0.25, 0.3) is 0 Å². The number of hydrogen-bond donors (Lipinski definition) is 2. The Morgan fingerprint density at radius 3 is 2.12 bits per heavy atom. The van der Waals surface area contributed by atoms with Crippen molar-refractivity contribution in [1.29, 1.82) is 0 Å². The monoisotopic (exact) mass is 237 g/mol. The molecule has 0 radical (unpaired) electrons. The van der Waals surface area contributed by atoms with Gasteiger partial charge in [0.2, 0.25) is 5.91 Å². The molecule has 2 atom stereocenters. The zero-order chi connectivity index (χ0) is 12.0. The fraction of sp³-hybridized carbons (Fsp3) is 0.846. The quantitative estimate of drug-likeness (QED) is 0.731. The van der Waals surface area contributed by atoms with E-state index in [-0.39, 0.29) is 11.8 Å². The fourth-order valence-electron chi connectivity index (χ4n) is 2.87. The standard InChI is InChI=1S/C13H19NO3/c15-12(9-5-10(9)13(16)17)14-6-11(7-1-2-7)8-3-4-8/h7-11H,1-6H2,(H,14,15)(H,16,17)/t9-,10+/m1/s1. The SMILES string of the molecule is O=C(O)[C@H]1C[C@H]1C(=O)NCC(C1CC1)C1CC1. The van der Waals surface area contributed by atoms with Crippen LogP contribution in [0, 0.1) is 29.6 Å². The minimum Gasteiger partial charge on any atom is -0.481 e. The van der Waals surface area contributed by atoms with Crippen molar-refractivity contribution in [2.45, 2.75) is 32.1 Å². The molecule has 17 heavy (non-hydrogen) atoms. The molecule has 0 spiro atoms. The largest absolute Gasteiger partial charge is 0.481 e. The van der Waals surface area contributed by atoms with Crippen LogP contribution in [-0.2, 0) is 9.59 Å². The number of carboxylic acid groups (broad SMARTS) is 1. The highest BCUT2D eigenvalue weighted by Crippen LogP contribution is 2.49. The Kier molecular flexibility index (Phi) is 2.60. The van der Waals surface area contributed by atoms with Gasteiger partial charge in [-0.2, -0.15) is 0 Å². The molecule has 4 nitrogen and oxygen atoms in total. The van der Waals surface area contributed by atoms with E-state index in [1.54, 1.807) is 0 Å². The third kappa shape index (κ3) is 2.45. The van der Waals surface area contributed by atoms with Crippen molar-refractivity contribution in [3.8, 4) is 0 Å². The van der Waals surface area contributed by atoms with Gasteiger partial charge in [-0.1, -0.05) is 0 Å². The first-order valence-electron chi connectivity index (χ1n) is 6.67. The van der Waals surface area contributed by atoms with Gasteiger partial charge in [-0.05, 0) is 49.9 Å². The minimum atomic E-state index is -0.828. The van der Waals surface area contributed by atoms with E-state index in [1.807, 2.05) is 0 Å². The number of amides is 1. The van der Waals surface area contributed by atoms with Crippen LogP contribution in [0.2, 0.25) is 0 Å². The molecule has 3 aliphatic rings. The molecular weight excluding hydrogens is 218 g/mol. The maximum atomic E-state index is 11.7. The molecule has 0 unspecified atom stereocenters. The number of carbonyl (C=O) groups excluding carboxylic acids is 1. The predicted octanol–water partition coefficient (Wildman–Crippen LogP) is 1.26. The molecule has 3 rings (SSSR count). The lowest BCUT2D eigenvalue weighted by molar-refractivity contribution is -0.140. The summed E-state index contributed by atoms with van der Waals surface area (Å²) in [6, 6.07) is 0. The Hall–Kier alpha value is -1.06. The third-order valence-electron chi connectivity index (χ3n) is 4.41. The average molecular weight is 237 g/mol. The highest BCUT2D eigenvalue weighted by molar-refractivity contribution is 5.89. The van der Waals surface area contributed by atoms with Crippen molar-refractivity contribution in [3.05, 3.63) is 0 Å². The molecule has 3 fully saturated rings. The molecule has 4 heteroatoms. The smallest absolute Gasteiger partial charge is 0.307 e. The Labute approximate surface area is 101 Å². The van der Waals surface area contributed by atoms with E-state index < -0.39 is 11.9 Å². The summed E-state index contributed by atoms with van der Waals surface area (Å²) in [7, 11) is 0. The average Bonchev–Trinajstić information content (AvgIpc) is 3.13. The van der Waals surface area contributed by atoms with Crippen LogP contribution >= 0.6 is 0 Å². The fourth-order valence-corrected chi connectivity index (χ4v) is 2.87. The van der Waals surface area contributed by atoms with Gasteiger partial charge in [0.15, 0.2) is 0 Å². The molecule has 0 aromatic heterocycles. The highest BCUT2D eigenvalue weighted by atomic mass is 16.4. The summed E-state index contributed by atoms with van der Waals surface area (Å²) in [6.07, 6.45) is 5.80. The normalized spacial score (nSPS) is 31.4. The van der Waals surface area contributed by atoms with E-state index in [4.69, 9.17) is 5.11 Å². The Balaban J connectivity index is 1.44. The maximum absolute atomic E-state index is 11.7. The van der Waals surface area contributed by atoms with Crippen LogP contribution < -0.4 is 5.32 Å². The summed E-state index contributed by atoms with van der Waals surface area (Å²) < 4.78 is 0. The molecule has 0 aromatic carbocycles. The second kappa shape index (κ2) is 4.00. The zero-order valence-electron chi connectivity index (χ0n) is 9.89. The van der Waals surface area contributed by atoms with Crippen LogP contribution in [0.25, 0.3) is 0 Å². The number of hydrogen-bond acceptors (Lipinski definition) is 2. The zero-order valence-corrected chi connectivity index (χ0v) is 9.89. The second-order valence-corrected chi connectivity index (χ2v) is 5.87.